The fourth-order valence-corrected chi connectivity index (χ4v) is 7.92. The summed E-state index contributed by atoms with van der Waals surface area (Å²) in [6.07, 6.45) is 2.71. The van der Waals surface area contributed by atoms with Gasteiger partial charge in [-0.3, -0.25) is 19.2 Å². The molecule has 4 amide bonds. The van der Waals surface area contributed by atoms with Crippen molar-refractivity contribution in [3.8, 4) is 0 Å². The van der Waals surface area contributed by atoms with Crippen LogP contribution in [-0.4, -0.2) is 123 Å². The van der Waals surface area contributed by atoms with E-state index in [4.69, 9.17) is 14.2 Å². The second-order valence-corrected chi connectivity index (χ2v) is 15.4. The smallest absolute Gasteiger partial charge is 0.328 e. The lowest BCUT2D eigenvalue weighted by Gasteiger charge is -2.41. The van der Waals surface area contributed by atoms with E-state index in [1.807, 2.05) is 65.0 Å². The number of likely N-dealkylation sites (tertiary alicyclic amines) is 1. The summed E-state index contributed by atoms with van der Waals surface area (Å²) < 4.78 is 16.9. The van der Waals surface area contributed by atoms with Crippen molar-refractivity contribution in [3.05, 3.63) is 35.9 Å². The Bertz CT molecular complexity index is 1370. The number of hydrogen-bond acceptors (Lipinski definition) is 9. The molecule has 2 fully saturated rings. The summed E-state index contributed by atoms with van der Waals surface area (Å²) in [5.41, 5.74) is 0.155. The lowest BCUT2D eigenvalue weighted by atomic mass is 9.89. The standard InChI is InChI=1S/C40H65N5O8/c1-11-26(4)34(44(7)37(48)33(25(2)3)43-39(50)40(6)20-16-21-41-40)31(51-8)24-32(46)45-22-15-19-30(45)35(52-9)27(5)36(47)42-29(38(49)53-10)23-28-17-13-12-14-18-28/h12-14,17-18,25-27,29-31,33-35,41H,11,15-16,19-24H2,1-10H3,(H,42,47)(H,43,50)/t26-,27+,29-,30-,31+,33?,34-,35+,40+/m0/s1. The maximum absolute atomic E-state index is 14.2. The number of methoxy groups -OCH3 is 3. The Morgan fingerprint density at radius 2 is 1.68 bits per heavy atom. The van der Waals surface area contributed by atoms with Crippen molar-refractivity contribution in [3.63, 3.8) is 0 Å². The van der Waals surface area contributed by atoms with E-state index in [0.29, 0.717) is 19.4 Å². The molecule has 1 aromatic rings. The largest absolute Gasteiger partial charge is 0.467 e. The number of likely N-dealkylation sites (N-methyl/N-ethyl adjacent to an activating group) is 1. The number of nitrogens with zero attached hydrogens (tertiary/aromatic N) is 2. The average molecular weight is 744 g/mol. The fourth-order valence-electron chi connectivity index (χ4n) is 7.92. The van der Waals surface area contributed by atoms with Crippen LogP contribution in [0.4, 0.5) is 0 Å². The summed E-state index contributed by atoms with van der Waals surface area (Å²) in [6.45, 7) is 12.8. The zero-order chi connectivity index (χ0) is 39.5. The van der Waals surface area contributed by atoms with Crippen LogP contribution >= 0.6 is 0 Å². The Hall–Kier alpha value is -3.55. The number of amides is 4. The number of esters is 1. The van der Waals surface area contributed by atoms with Gasteiger partial charge in [0, 0.05) is 34.2 Å². The first kappa shape index (κ1) is 43.9. The molecule has 9 atom stereocenters. The Labute approximate surface area is 316 Å². The normalized spacial score (nSPS) is 22.6. The SMILES string of the molecule is CC[C@H](C)[C@@H]([C@@H](CC(=O)N1CCC[C@H]1[C@H](OC)[C@@H](C)C(=O)N[C@@H](Cc1ccccc1)C(=O)OC)OC)N(C)C(=O)C(NC(=O)[C@@]1(C)CCCN1)C(C)C. The van der Waals surface area contributed by atoms with E-state index >= 15 is 0 Å². The molecule has 298 valence electrons. The zero-order valence-electron chi connectivity index (χ0n) is 33.6. The van der Waals surface area contributed by atoms with Gasteiger partial charge < -0.3 is 40.0 Å². The molecule has 13 heteroatoms. The Kier molecular flexibility index (Phi) is 16.7. The molecule has 2 heterocycles. The molecule has 13 nitrogen and oxygen atoms in total. The second-order valence-electron chi connectivity index (χ2n) is 15.4. The monoisotopic (exact) mass is 743 g/mol. The van der Waals surface area contributed by atoms with Crippen molar-refractivity contribution >= 4 is 29.6 Å². The minimum atomic E-state index is -0.887. The molecule has 0 radical (unpaired) electrons. The summed E-state index contributed by atoms with van der Waals surface area (Å²) >= 11 is 0. The van der Waals surface area contributed by atoms with Crippen LogP contribution in [-0.2, 0) is 44.6 Å². The van der Waals surface area contributed by atoms with Crippen molar-refractivity contribution < 1.29 is 38.2 Å². The fraction of sp³-hybridized carbons (Fsp3) is 0.725. The van der Waals surface area contributed by atoms with Gasteiger partial charge in [0.15, 0.2) is 0 Å². The molecule has 2 aliphatic heterocycles. The van der Waals surface area contributed by atoms with Crippen LogP contribution in [0.3, 0.4) is 0 Å². The van der Waals surface area contributed by atoms with Crippen LogP contribution in [0.15, 0.2) is 30.3 Å². The van der Waals surface area contributed by atoms with Crippen molar-refractivity contribution in [1.82, 2.24) is 25.8 Å². The van der Waals surface area contributed by atoms with Gasteiger partial charge in [0.05, 0.1) is 49.3 Å². The molecule has 0 aromatic heterocycles. The van der Waals surface area contributed by atoms with E-state index in [0.717, 1.165) is 31.4 Å². The minimum absolute atomic E-state index is 0.0127. The number of hydrogen-bond donors (Lipinski definition) is 3. The van der Waals surface area contributed by atoms with Crippen LogP contribution in [0.2, 0.25) is 0 Å². The Morgan fingerprint density at radius 1 is 1.00 bits per heavy atom. The van der Waals surface area contributed by atoms with Crippen LogP contribution in [0.25, 0.3) is 0 Å². The molecule has 2 aliphatic rings. The lowest BCUT2D eigenvalue weighted by Crippen LogP contribution is -2.61. The molecule has 0 spiro atoms. The number of carbonyl (C=O) groups excluding carboxylic acids is 5. The van der Waals surface area contributed by atoms with Crippen LogP contribution < -0.4 is 16.0 Å². The first-order valence-electron chi connectivity index (χ1n) is 19.2. The lowest BCUT2D eigenvalue weighted by molar-refractivity contribution is -0.149. The molecular weight excluding hydrogens is 678 g/mol. The van der Waals surface area contributed by atoms with Gasteiger partial charge in [0.1, 0.15) is 12.1 Å². The predicted molar refractivity (Wildman–Crippen MR) is 203 cm³/mol. The maximum Gasteiger partial charge on any atom is 0.328 e. The number of benzene rings is 1. The van der Waals surface area contributed by atoms with Crippen LogP contribution in [0.1, 0.15) is 85.6 Å². The average Bonchev–Trinajstić information content (AvgIpc) is 3.83. The molecule has 3 rings (SSSR count). The van der Waals surface area contributed by atoms with Crippen molar-refractivity contribution in [2.75, 3.05) is 41.5 Å². The van der Waals surface area contributed by atoms with Gasteiger partial charge in [-0.15, -0.1) is 0 Å². The Morgan fingerprint density at radius 3 is 2.23 bits per heavy atom. The third-order valence-electron chi connectivity index (χ3n) is 11.4. The first-order valence-corrected chi connectivity index (χ1v) is 19.2. The third kappa shape index (κ3) is 11.0. The Balaban J connectivity index is 1.77. The summed E-state index contributed by atoms with van der Waals surface area (Å²) in [5.74, 6) is -2.40. The van der Waals surface area contributed by atoms with Gasteiger partial charge >= 0.3 is 5.97 Å². The van der Waals surface area contributed by atoms with Crippen molar-refractivity contribution in [1.29, 1.82) is 0 Å². The molecule has 1 unspecified atom stereocenters. The van der Waals surface area contributed by atoms with E-state index < -0.39 is 47.8 Å². The molecule has 53 heavy (non-hydrogen) atoms. The van der Waals surface area contributed by atoms with E-state index in [2.05, 4.69) is 16.0 Å². The molecule has 2 saturated heterocycles. The second kappa shape index (κ2) is 20.2. The first-order chi connectivity index (χ1) is 25.1. The topological polar surface area (TPSA) is 156 Å². The summed E-state index contributed by atoms with van der Waals surface area (Å²) in [7, 11) is 6.10. The highest BCUT2D eigenvalue weighted by Crippen LogP contribution is 2.30. The minimum Gasteiger partial charge on any atom is -0.467 e. The number of carbonyl (C=O) groups is 5. The molecular formula is C40H65N5O8. The number of rotatable bonds is 19. The molecule has 0 bridgehead atoms. The highest BCUT2D eigenvalue weighted by molar-refractivity contribution is 5.92. The van der Waals surface area contributed by atoms with E-state index in [-0.39, 0.29) is 54.3 Å². The van der Waals surface area contributed by atoms with Crippen molar-refractivity contribution in [2.24, 2.45) is 17.8 Å². The molecule has 1 aromatic carbocycles. The van der Waals surface area contributed by atoms with E-state index in [1.165, 1.54) is 14.2 Å². The number of nitrogens with one attached hydrogen (secondary N) is 3. The van der Waals surface area contributed by atoms with Gasteiger partial charge in [-0.05, 0) is 56.6 Å². The van der Waals surface area contributed by atoms with E-state index in [1.54, 1.807) is 30.9 Å². The quantitative estimate of drug-likeness (QED) is 0.181. The summed E-state index contributed by atoms with van der Waals surface area (Å²) in [6, 6.07) is 6.90. The van der Waals surface area contributed by atoms with E-state index in [9.17, 15) is 24.0 Å². The van der Waals surface area contributed by atoms with Crippen LogP contribution in [0, 0.1) is 17.8 Å². The van der Waals surface area contributed by atoms with Gasteiger partial charge in [-0.1, -0.05) is 71.4 Å². The van der Waals surface area contributed by atoms with Crippen molar-refractivity contribution in [2.45, 2.75) is 128 Å². The highest BCUT2D eigenvalue weighted by Gasteiger charge is 2.44. The highest BCUT2D eigenvalue weighted by atomic mass is 16.5. The van der Waals surface area contributed by atoms with Gasteiger partial charge in [0.2, 0.25) is 23.6 Å². The zero-order valence-corrected chi connectivity index (χ0v) is 33.6. The summed E-state index contributed by atoms with van der Waals surface area (Å²) in [4.78, 5) is 71.4. The molecule has 0 saturated carbocycles. The van der Waals surface area contributed by atoms with Gasteiger partial charge in [0.25, 0.3) is 0 Å². The summed E-state index contributed by atoms with van der Waals surface area (Å²) in [5, 5.41) is 9.16. The maximum atomic E-state index is 14.2. The predicted octanol–water partition coefficient (Wildman–Crippen LogP) is 3.09. The third-order valence-corrected chi connectivity index (χ3v) is 11.4. The van der Waals surface area contributed by atoms with Gasteiger partial charge in [-0.25, -0.2) is 4.79 Å². The van der Waals surface area contributed by atoms with Gasteiger partial charge in [-0.2, -0.15) is 0 Å². The molecule has 0 aliphatic carbocycles. The molecule has 3 N–H and O–H groups in total. The number of ether oxygens (including phenoxy) is 3. The van der Waals surface area contributed by atoms with Crippen LogP contribution in [0.5, 0.6) is 0 Å².